The molecular weight excluding hydrogens is 448 g/mol. The topological polar surface area (TPSA) is 75.3 Å². The van der Waals surface area contributed by atoms with Crippen molar-refractivity contribution in [3.8, 4) is 5.75 Å². The number of halogens is 5. The molecule has 158 valence electrons. The van der Waals surface area contributed by atoms with Crippen LogP contribution in [0.25, 0.3) is 0 Å². The lowest BCUT2D eigenvalue weighted by molar-refractivity contribution is -0.137. The maximum Gasteiger partial charge on any atom is 0.417 e. The van der Waals surface area contributed by atoms with E-state index in [4.69, 9.17) is 16.3 Å². The number of carbonyl (C=O) groups is 1. The lowest BCUT2D eigenvalue weighted by Gasteiger charge is -2.12. The molecule has 3 N–H and O–H groups in total. The van der Waals surface area contributed by atoms with E-state index in [0.717, 1.165) is 5.56 Å². The fourth-order valence-corrected chi connectivity index (χ4v) is 3.12. The predicted octanol–water partition coefficient (Wildman–Crippen LogP) is 5.68. The van der Waals surface area contributed by atoms with Crippen LogP contribution < -0.4 is 20.9 Å². The lowest BCUT2D eigenvalue weighted by Crippen LogP contribution is -2.34. The average molecular weight is 461 g/mol. The number of aromatic nitrogens is 1. The Labute approximate surface area is 176 Å². The Morgan fingerprint density at radius 1 is 1.20 bits per heavy atom. The number of alkyl halides is 3. The van der Waals surface area contributed by atoms with E-state index in [0.29, 0.717) is 23.0 Å². The number of urea groups is 1. The quantitative estimate of drug-likeness (QED) is 0.327. The largest absolute Gasteiger partial charge is 0.486 e. The van der Waals surface area contributed by atoms with Crippen molar-refractivity contribution >= 4 is 39.8 Å². The number of hydrogen-bond donors (Lipinski definition) is 3. The summed E-state index contributed by atoms with van der Waals surface area (Å²) in [6, 6.07) is 7.39. The summed E-state index contributed by atoms with van der Waals surface area (Å²) in [6.07, 6.45) is -3.99. The summed E-state index contributed by atoms with van der Waals surface area (Å²) in [5.74, 6) is -0.118. The van der Waals surface area contributed by atoms with Crippen LogP contribution in [-0.2, 0) is 12.8 Å². The van der Waals surface area contributed by atoms with Gasteiger partial charge >= 0.3 is 12.2 Å². The Balaban J connectivity index is 1.54. The molecule has 0 aliphatic carbocycles. The van der Waals surface area contributed by atoms with Gasteiger partial charge in [0.05, 0.1) is 10.6 Å². The molecule has 3 rings (SSSR count). The number of nitrogens with zero attached hydrogens (tertiary/aromatic N) is 1. The van der Waals surface area contributed by atoms with Gasteiger partial charge in [-0.25, -0.2) is 19.6 Å². The second-order valence-corrected chi connectivity index (χ2v) is 7.11. The van der Waals surface area contributed by atoms with Gasteiger partial charge in [-0.1, -0.05) is 23.7 Å². The minimum Gasteiger partial charge on any atom is -0.486 e. The van der Waals surface area contributed by atoms with Gasteiger partial charge in [0.15, 0.2) is 11.6 Å². The molecule has 0 saturated carbocycles. The van der Waals surface area contributed by atoms with E-state index in [1.807, 2.05) is 0 Å². The minimum absolute atomic E-state index is 0.154. The Bertz CT molecular complexity index is 1030. The molecule has 0 fully saturated rings. The van der Waals surface area contributed by atoms with Crippen molar-refractivity contribution in [1.82, 2.24) is 10.4 Å². The Hall–Kier alpha value is -3.05. The molecule has 12 heteroatoms. The monoisotopic (exact) mass is 460 g/mol. The van der Waals surface area contributed by atoms with Crippen LogP contribution in [-0.4, -0.2) is 11.0 Å². The Morgan fingerprint density at radius 3 is 2.60 bits per heavy atom. The van der Waals surface area contributed by atoms with Gasteiger partial charge < -0.3 is 4.74 Å². The van der Waals surface area contributed by atoms with Crippen molar-refractivity contribution in [2.75, 3.05) is 10.7 Å². The first-order valence-electron chi connectivity index (χ1n) is 8.23. The molecule has 0 spiro atoms. The molecular formula is C18H13ClF4N4O2S. The number of rotatable bonds is 6. The van der Waals surface area contributed by atoms with Gasteiger partial charge in [0, 0.05) is 6.20 Å². The summed E-state index contributed by atoms with van der Waals surface area (Å²) in [5.41, 5.74) is 4.30. The second-order valence-electron chi connectivity index (χ2n) is 5.79. The van der Waals surface area contributed by atoms with Crippen molar-refractivity contribution in [2.24, 2.45) is 0 Å². The van der Waals surface area contributed by atoms with Crippen molar-refractivity contribution in [3.63, 3.8) is 0 Å². The Morgan fingerprint density at radius 2 is 1.93 bits per heavy atom. The number of pyridine rings is 1. The van der Waals surface area contributed by atoms with Crippen LogP contribution in [0.3, 0.4) is 0 Å². The molecule has 0 aliphatic heterocycles. The van der Waals surface area contributed by atoms with Gasteiger partial charge in [0.1, 0.15) is 17.4 Å². The van der Waals surface area contributed by atoms with Crippen molar-refractivity contribution in [2.45, 2.75) is 12.8 Å². The minimum atomic E-state index is -4.58. The molecule has 1 aromatic carbocycles. The van der Waals surface area contributed by atoms with E-state index in [9.17, 15) is 22.4 Å². The maximum absolute atomic E-state index is 12.9. The van der Waals surface area contributed by atoms with Gasteiger partial charge in [-0.05, 0) is 35.2 Å². The lowest BCUT2D eigenvalue weighted by atomic mass is 10.2. The van der Waals surface area contributed by atoms with Crippen molar-refractivity contribution in [1.29, 1.82) is 0 Å². The molecule has 30 heavy (non-hydrogen) atoms. The number of anilines is 2. The van der Waals surface area contributed by atoms with Crippen LogP contribution in [0.1, 0.15) is 11.1 Å². The standard InChI is InChI=1S/C18H13ClF4N4O2S/c19-13-7-11(18(21,22)23)8-24-15(13)26-27-17(28)25-16-14(5-6-30-16)29-9-10-1-3-12(20)4-2-10/h1-8H,9H2,(H,24,26)(H2,25,27,28). The molecule has 2 amide bonds. The van der Waals surface area contributed by atoms with E-state index in [1.165, 1.54) is 23.5 Å². The van der Waals surface area contributed by atoms with Crippen LogP contribution in [0, 0.1) is 5.82 Å². The average Bonchev–Trinajstić information content (AvgIpc) is 3.12. The molecule has 0 bridgehead atoms. The summed E-state index contributed by atoms with van der Waals surface area (Å²) in [6.45, 7) is 0.163. The summed E-state index contributed by atoms with van der Waals surface area (Å²) in [5, 5.41) is 4.30. The first-order chi connectivity index (χ1) is 14.2. The predicted molar refractivity (Wildman–Crippen MR) is 105 cm³/mol. The maximum atomic E-state index is 12.9. The zero-order valence-corrected chi connectivity index (χ0v) is 16.5. The van der Waals surface area contributed by atoms with Gasteiger partial charge in [-0.15, -0.1) is 11.3 Å². The van der Waals surface area contributed by atoms with Crippen LogP contribution >= 0.6 is 22.9 Å². The van der Waals surface area contributed by atoms with Crippen LogP contribution in [0.2, 0.25) is 5.02 Å². The van der Waals surface area contributed by atoms with Crippen LogP contribution in [0.4, 0.5) is 33.2 Å². The third-order valence-corrected chi connectivity index (χ3v) is 4.73. The van der Waals surface area contributed by atoms with E-state index in [1.54, 1.807) is 23.6 Å². The van der Waals surface area contributed by atoms with Crippen molar-refractivity contribution < 1.29 is 27.1 Å². The summed E-state index contributed by atoms with van der Waals surface area (Å²) in [7, 11) is 0. The van der Waals surface area contributed by atoms with E-state index < -0.39 is 17.8 Å². The zero-order chi connectivity index (χ0) is 21.7. The van der Waals surface area contributed by atoms with Gasteiger partial charge in [0.2, 0.25) is 0 Å². The number of hydrogen-bond acceptors (Lipinski definition) is 5. The molecule has 2 aromatic heterocycles. The van der Waals surface area contributed by atoms with Crippen LogP contribution in [0.5, 0.6) is 5.75 Å². The van der Waals surface area contributed by atoms with Gasteiger partial charge in [0.25, 0.3) is 0 Å². The Kier molecular flexibility index (Phi) is 6.63. The highest BCUT2D eigenvalue weighted by molar-refractivity contribution is 7.14. The summed E-state index contributed by atoms with van der Waals surface area (Å²) < 4.78 is 56.4. The number of nitrogens with one attached hydrogen (secondary N) is 3. The van der Waals surface area contributed by atoms with E-state index >= 15 is 0 Å². The molecule has 0 radical (unpaired) electrons. The van der Waals surface area contributed by atoms with Crippen LogP contribution in [0.15, 0.2) is 48.0 Å². The first kappa shape index (κ1) is 21.7. The summed E-state index contributed by atoms with van der Waals surface area (Å²) >= 11 is 6.95. The fraction of sp³-hybridized carbons (Fsp3) is 0.111. The molecule has 0 atom stereocenters. The van der Waals surface area contributed by atoms with Crippen molar-refractivity contribution in [3.05, 3.63) is 69.9 Å². The smallest absolute Gasteiger partial charge is 0.417 e. The second kappa shape index (κ2) is 9.18. The molecule has 0 aliphatic rings. The third kappa shape index (κ3) is 5.74. The number of amides is 2. The number of benzene rings is 1. The molecule has 0 saturated heterocycles. The number of thiophene rings is 1. The fourth-order valence-electron chi connectivity index (χ4n) is 2.18. The number of carbonyl (C=O) groups excluding carboxylic acids is 1. The highest BCUT2D eigenvalue weighted by Gasteiger charge is 2.31. The zero-order valence-electron chi connectivity index (χ0n) is 14.9. The first-order valence-corrected chi connectivity index (χ1v) is 9.48. The SMILES string of the molecule is O=C(NNc1ncc(C(F)(F)F)cc1Cl)Nc1sccc1OCc1ccc(F)cc1. The number of ether oxygens (including phenoxy) is 1. The molecule has 6 nitrogen and oxygen atoms in total. The number of hydrazine groups is 1. The molecule has 2 heterocycles. The van der Waals surface area contributed by atoms with E-state index in [-0.39, 0.29) is 23.3 Å². The highest BCUT2D eigenvalue weighted by atomic mass is 35.5. The van der Waals surface area contributed by atoms with Gasteiger partial charge in [-0.2, -0.15) is 13.2 Å². The highest BCUT2D eigenvalue weighted by Crippen LogP contribution is 2.33. The normalized spacial score (nSPS) is 11.1. The van der Waals surface area contributed by atoms with E-state index in [2.05, 4.69) is 21.2 Å². The van der Waals surface area contributed by atoms with Gasteiger partial charge in [-0.3, -0.25) is 10.7 Å². The summed E-state index contributed by atoms with van der Waals surface area (Å²) in [4.78, 5) is 15.6. The molecule has 0 unspecified atom stereocenters. The molecule has 3 aromatic rings. The third-order valence-electron chi connectivity index (χ3n) is 3.63.